The van der Waals surface area contributed by atoms with E-state index in [-0.39, 0.29) is 5.92 Å². The molecule has 0 spiro atoms. The van der Waals surface area contributed by atoms with Crippen molar-refractivity contribution >= 4 is 27.6 Å². The van der Waals surface area contributed by atoms with Crippen LogP contribution in [0.5, 0.6) is 0 Å². The predicted octanol–water partition coefficient (Wildman–Crippen LogP) is 0.870. The molecule has 0 bridgehead atoms. The van der Waals surface area contributed by atoms with E-state index in [1.165, 1.54) is 19.3 Å². The summed E-state index contributed by atoms with van der Waals surface area (Å²) in [7, 11) is -1.02. The molecule has 1 saturated heterocycles. The SMILES string of the molecule is CN=C(NCC1CCS(=O)(=O)C1)NC1CCC(SC)C1. The molecule has 2 N–H and O–H groups in total. The lowest BCUT2D eigenvalue weighted by Crippen LogP contribution is -2.44. The fraction of sp³-hybridized carbons (Fsp3) is 0.923. The summed E-state index contributed by atoms with van der Waals surface area (Å²) >= 11 is 1.94. The average molecular weight is 319 g/mol. The lowest BCUT2D eigenvalue weighted by Gasteiger charge is -2.18. The van der Waals surface area contributed by atoms with Crippen molar-refractivity contribution in [3.63, 3.8) is 0 Å². The maximum atomic E-state index is 11.4. The van der Waals surface area contributed by atoms with Crippen LogP contribution in [0.1, 0.15) is 25.7 Å². The Kier molecular flexibility index (Phi) is 5.60. The summed E-state index contributed by atoms with van der Waals surface area (Å²) in [6.45, 7) is 0.692. The van der Waals surface area contributed by atoms with Crippen molar-refractivity contribution in [2.75, 3.05) is 31.4 Å². The highest BCUT2D eigenvalue weighted by atomic mass is 32.2. The Morgan fingerprint density at radius 1 is 1.35 bits per heavy atom. The van der Waals surface area contributed by atoms with Gasteiger partial charge < -0.3 is 10.6 Å². The summed E-state index contributed by atoms with van der Waals surface area (Å²) in [5.74, 6) is 1.68. The molecule has 0 radical (unpaired) electrons. The van der Waals surface area contributed by atoms with Crippen molar-refractivity contribution in [2.24, 2.45) is 10.9 Å². The summed E-state index contributed by atoms with van der Waals surface area (Å²) in [5.41, 5.74) is 0. The van der Waals surface area contributed by atoms with Crippen LogP contribution in [0.2, 0.25) is 0 Å². The maximum Gasteiger partial charge on any atom is 0.191 e. The van der Waals surface area contributed by atoms with Gasteiger partial charge in [-0.1, -0.05) is 0 Å². The topological polar surface area (TPSA) is 70.6 Å². The molecule has 2 fully saturated rings. The minimum absolute atomic E-state index is 0.223. The zero-order valence-corrected chi connectivity index (χ0v) is 13.9. The van der Waals surface area contributed by atoms with Crippen molar-refractivity contribution < 1.29 is 8.42 Å². The first-order valence-electron chi connectivity index (χ1n) is 7.23. The third kappa shape index (κ3) is 4.55. The Morgan fingerprint density at radius 2 is 2.15 bits per heavy atom. The van der Waals surface area contributed by atoms with E-state index in [0.29, 0.717) is 24.1 Å². The monoisotopic (exact) mass is 319 g/mol. The van der Waals surface area contributed by atoms with Gasteiger partial charge in [0.25, 0.3) is 0 Å². The molecule has 0 aromatic rings. The van der Waals surface area contributed by atoms with Crippen LogP contribution in [0.15, 0.2) is 4.99 Å². The van der Waals surface area contributed by atoms with Gasteiger partial charge >= 0.3 is 0 Å². The zero-order valence-electron chi connectivity index (χ0n) is 12.3. The number of nitrogens with one attached hydrogen (secondary N) is 2. The number of nitrogens with zero attached hydrogens (tertiary/aromatic N) is 1. The summed E-state index contributed by atoms with van der Waals surface area (Å²) in [6.07, 6.45) is 6.56. The number of rotatable bonds is 4. The smallest absolute Gasteiger partial charge is 0.191 e. The van der Waals surface area contributed by atoms with E-state index in [1.807, 2.05) is 11.8 Å². The quantitative estimate of drug-likeness (QED) is 0.594. The maximum absolute atomic E-state index is 11.4. The van der Waals surface area contributed by atoms with Crippen LogP contribution in [-0.2, 0) is 9.84 Å². The van der Waals surface area contributed by atoms with Gasteiger partial charge in [-0.05, 0) is 37.9 Å². The number of hydrogen-bond acceptors (Lipinski definition) is 4. The highest BCUT2D eigenvalue weighted by Gasteiger charge is 2.28. The summed E-state index contributed by atoms with van der Waals surface area (Å²) in [6, 6.07) is 0.492. The molecule has 1 heterocycles. The van der Waals surface area contributed by atoms with Gasteiger partial charge in [-0.25, -0.2) is 8.42 Å². The fourth-order valence-corrected chi connectivity index (χ4v) is 5.61. The molecule has 2 aliphatic rings. The van der Waals surface area contributed by atoms with Crippen LogP contribution in [0.3, 0.4) is 0 Å². The van der Waals surface area contributed by atoms with Crippen LogP contribution in [0.4, 0.5) is 0 Å². The lowest BCUT2D eigenvalue weighted by atomic mass is 10.1. The van der Waals surface area contributed by atoms with Crippen molar-refractivity contribution in [3.8, 4) is 0 Å². The Hall–Kier alpha value is -0.430. The molecule has 0 amide bonds. The molecule has 2 rings (SSSR count). The highest BCUT2D eigenvalue weighted by molar-refractivity contribution is 7.99. The van der Waals surface area contributed by atoms with Crippen LogP contribution >= 0.6 is 11.8 Å². The second-order valence-corrected chi connectivity index (χ2v) is 9.10. The van der Waals surface area contributed by atoms with Crippen LogP contribution in [-0.4, -0.2) is 57.0 Å². The number of guanidine groups is 1. The van der Waals surface area contributed by atoms with Crippen molar-refractivity contribution in [3.05, 3.63) is 0 Å². The molecule has 3 atom stereocenters. The first-order valence-corrected chi connectivity index (χ1v) is 10.3. The van der Waals surface area contributed by atoms with Crippen molar-refractivity contribution in [2.45, 2.75) is 37.0 Å². The Labute approximate surface area is 126 Å². The second-order valence-electron chi connectivity index (χ2n) is 5.73. The standard InChI is InChI=1S/C13H25N3O2S2/c1-14-13(16-11-3-4-12(7-11)19-2)15-8-10-5-6-20(17,18)9-10/h10-12H,3-9H2,1-2H3,(H2,14,15,16). The molecular weight excluding hydrogens is 294 g/mol. The zero-order chi connectivity index (χ0) is 14.6. The largest absolute Gasteiger partial charge is 0.356 e. The number of hydrogen-bond donors (Lipinski definition) is 2. The minimum atomic E-state index is -2.79. The number of aliphatic imine (C=N–C) groups is 1. The van der Waals surface area contributed by atoms with Gasteiger partial charge in [0.05, 0.1) is 11.5 Å². The number of sulfone groups is 1. The fourth-order valence-electron chi connectivity index (χ4n) is 2.95. The lowest BCUT2D eigenvalue weighted by molar-refractivity contribution is 0.555. The average Bonchev–Trinajstić information content (AvgIpc) is 3.00. The second kappa shape index (κ2) is 7.02. The third-order valence-electron chi connectivity index (χ3n) is 4.17. The first-order chi connectivity index (χ1) is 9.52. The molecular formula is C13H25N3O2S2. The Bertz CT molecular complexity index is 451. The van der Waals surface area contributed by atoms with Gasteiger partial charge in [-0.15, -0.1) is 0 Å². The van der Waals surface area contributed by atoms with E-state index in [1.54, 1.807) is 7.05 Å². The van der Waals surface area contributed by atoms with Crippen LogP contribution in [0, 0.1) is 5.92 Å². The van der Waals surface area contributed by atoms with Crippen LogP contribution in [0.25, 0.3) is 0 Å². The van der Waals surface area contributed by atoms with Gasteiger partial charge in [-0.2, -0.15) is 11.8 Å². The highest BCUT2D eigenvalue weighted by Crippen LogP contribution is 2.28. The van der Waals surface area contributed by atoms with Gasteiger partial charge in [0.2, 0.25) is 0 Å². The predicted molar refractivity (Wildman–Crippen MR) is 86.2 cm³/mol. The van der Waals surface area contributed by atoms with E-state index < -0.39 is 9.84 Å². The van der Waals surface area contributed by atoms with Gasteiger partial charge in [-0.3, -0.25) is 4.99 Å². The van der Waals surface area contributed by atoms with E-state index in [9.17, 15) is 8.42 Å². The molecule has 1 aliphatic heterocycles. The Balaban J connectivity index is 1.74. The molecule has 3 unspecified atom stereocenters. The molecule has 1 saturated carbocycles. The summed E-state index contributed by atoms with van der Waals surface area (Å²) < 4.78 is 22.9. The molecule has 20 heavy (non-hydrogen) atoms. The minimum Gasteiger partial charge on any atom is -0.356 e. The molecule has 0 aromatic carbocycles. The van der Waals surface area contributed by atoms with E-state index >= 15 is 0 Å². The van der Waals surface area contributed by atoms with Crippen LogP contribution < -0.4 is 10.6 Å². The molecule has 7 heteroatoms. The number of thioether (sulfide) groups is 1. The molecule has 116 valence electrons. The normalized spacial score (nSPS) is 33.3. The molecule has 0 aromatic heterocycles. The summed E-state index contributed by atoms with van der Waals surface area (Å²) in [5, 5.41) is 7.48. The van der Waals surface area contributed by atoms with E-state index in [4.69, 9.17) is 0 Å². The van der Waals surface area contributed by atoms with E-state index in [2.05, 4.69) is 21.9 Å². The van der Waals surface area contributed by atoms with Gasteiger partial charge in [0.1, 0.15) is 0 Å². The van der Waals surface area contributed by atoms with Gasteiger partial charge in [0.15, 0.2) is 15.8 Å². The molecule has 5 nitrogen and oxygen atoms in total. The van der Waals surface area contributed by atoms with E-state index in [0.717, 1.165) is 17.6 Å². The summed E-state index contributed by atoms with van der Waals surface area (Å²) in [4.78, 5) is 4.24. The van der Waals surface area contributed by atoms with Crippen molar-refractivity contribution in [1.82, 2.24) is 10.6 Å². The van der Waals surface area contributed by atoms with Gasteiger partial charge in [0, 0.05) is 24.9 Å². The van der Waals surface area contributed by atoms with Crippen molar-refractivity contribution in [1.29, 1.82) is 0 Å². The first kappa shape index (κ1) is 15.9. The third-order valence-corrected chi connectivity index (χ3v) is 7.10. The Morgan fingerprint density at radius 3 is 2.70 bits per heavy atom. The molecule has 1 aliphatic carbocycles.